The van der Waals surface area contributed by atoms with Crippen LogP contribution < -0.4 is 0 Å². The molecule has 0 aromatic carbocycles. The van der Waals surface area contributed by atoms with E-state index in [4.69, 9.17) is 0 Å². The van der Waals surface area contributed by atoms with Gasteiger partial charge >= 0.3 is 0 Å². The molecule has 0 amide bonds. The van der Waals surface area contributed by atoms with Crippen molar-refractivity contribution in [2.45, 2.75) is 18.1 Å². The lowest BCUT2D eigenvalue weighted by atomic mass is 10.1. The van der Waals surface area contributed by atoms with E-state index < -0.39 is 9.84 Å². The number of hydrogen-bond acceptors (Lipinski definition) is 3. The van der Waals surface area contributed by atoms with Crippen LogP contribution in [0.2, 0.25) is 0 Å². The van der Waals surface area contributed by atoms with Crippen molar-refractivity contribution in [2.75, 3.05) is 5.75 Å². The molecule has 2 fully saturated rings. The zero-order valence-corrected chi connectivity index (χ0v) is 6.23. The van der Waals surface area contributed by atoms with Gasteiger partial charge in [-0.15, -0.1) is 0 Å². The first-order valence-electron chi connectivity index (χ1n) is 3.34. The summed E-state index contributed by atoms with van der Waals surface area (Å²) in [5.41, 5.74) is 0. The number of sulfone groups is 1. The molecule has 2 rings (SSSR count). The first-order valence-corrected chi connectivity index (χ1v) is 5.05. The van der Waals surface area contributed by atoms with E-state index in [1.165, 1.54) is 0 Å². The van der Waals surface area contributed by atoms with Crippen LogP contribution in [0.3, 0.4) is 0 Å². The van der Waals surface area contributed by atoms with Gasteiger partial charge in [0.05, 0.1) is 11.0 Å². The number of hydrogen-bond donors (Lipinski definition) is 0. The van der Waals surface area contributed by atoms with Gasteiger partial charge in [-0.05, 0) is 6.42 Å². The van der Waals surface area contributed by atoms with Gasteiger partial charge < -0.3 is 0 Å². The van der Waals surface area contributed by atoms with Crippen molar-refractivity contribution in [2.24, 2.45) is 5.92 Å². The molecule has 1 saturated carbocycles. The summed E-state index contributed by atoms with van der Waals surface area (Å²) in [5, 5.41) is -0.315. The highest BCUT2D eigenvalue weighted by molar-refractivity contribution is 7.92. The molecule has 1 aliphatic heterocycles. The molecule has 2 unspecified atom stereocenters. The molecule has 56 valence electrons. The van der Waals surface area contributed by atoms with Crippen LogP contribution in [0.5, 0.6) is 0 Å². The van der Waals surface area contributed by atoms with Crippen molar-refractivity contribution < 1.29 is 13.2 Å². The standard InChI is InChI=1S/C6H8O3S/c7-6-2-5-1-4(6)3-10(5,8)9/h4-5H,1-3H2. The van der Waals surface area contributed by atoms with Crippen LogP contribution in [0, 0.1) is 5.92 Å². The number of carbonyl (C=O) groups excluding carboxylic acids is 1. The molecule has 2 bridgehead atoms. The van der Waals surface area contributed by atoms with Gasteiger partial charge in [-0.2, -0.15) is 0 Å². The van der Waals surface area contributed by atoms with Crippen LogP contribution in [-0.4, -0.2) is 25.2 Å². The third-order valence-corrected chi connectivity index (χ3v) is 4.61. The van der Waals surface area contributed by atoms with E-state index in [0.29, 0.717) is 6.42 Å². The molecule has 0 N–H and O–H groups in total. The van der Waals surface area contributed by atoms with Crippen LogP contribution in [0.15, 0.2) is 0 Å². The van der Waals surface area contributed by atoms with Gasteiger partial charge in [0.25, 0.3) is 0 Å². The third-order valence-electron chi connectivity index (χ3n) is 2.37. The highest BCUT2D eigenvalue weighted by atomic mass is 32.2. The summed E-state index contributed by atoms with van der Waals surface area (Å²) in [7, 11) is -2.84. The zero-order chi connectivity index (χ0) is 7.35. The second kappa shape index (κ2) is 1.61. The van der Waals surface area contributed by atoms with Gasteiger partial charge in [-0.3, -0.25) is 4.79 Å². The van der Waals surface area contributed by atoms with Crippen LogP contribution >= 0.6 is 0 Å². The summed E-state index contributed by atoms with van der Waals surface area (Å²) < 4.78 is 22.0. The van der Waals surface area contributed by atoms with Crippen LogP contribution in [0.4, 0.5) is 0 Å². The van der Waals surface area contributed by atoms with Crippen molar-refractivity contribution in [1.29, 1.82) is 0 Å². The first kappa shape index (κ1) is 6.34. The Bertz CT molecular complexity index is 277. The molecule has 0 aromatic rings. The summed E-state index contributed by atoms with van der Waals surface area (Å²) in [6.45, 7) is 0. The highest BCUT2D eigenvalue weighted by Crippen LogP contribution is 2.36. The smallest absolute Gasteiger partial charge is 0.154 e. The molecule has 2 atom stereocenters. The topological polar surface area (TPSA) is 51.2 Å². The van der Waals surface area contributed by atoms with E-state index in [0.717, 1.165) is 0 Å². The van der Waals surface area contributed by atoms with Gasteiger partial charge in [0.2, 0.25) is 0 Å². The number of carbonyl (C=O) groups is 1. The van der Waals surface area contributed by atoms with Gasteiger partial charge in [0.1, 0.15) is 5.78 Å². The SMILES string of the molecule is O=C1CC2CC1CS2(=O)=O. The van der Waals surface area contributed by atoms with Crippen LogP contribution in [0.1, 0.15) is 12.8 Å². The predicted octanol–water partition coefficient (Wildman–Crippen LogP) is -0.237. The molecule has 2 aliphatic rings. The molecular formula is C6H8O3S. The molecule has 1 saturated heterocycles. The predicted molar refractivity (Wildman–Crippen MR) is 35.3 cm³/mol. The summed E-state index contributed by atoms with van der Waals surface area (Å²) in [6, 6.07) is 0. The highest BCUT2D eigenvalue weighted by Gasteiger charge is 2.48. The Labute approximate surface area is 59.3 Å². The quantitative estimate of drug-likeness (QED) is 0.491. The van der Waals surface area contributed by atoms with Crippen molar-refractivity contribution in [1.82, 2.24) is 0 Å². The lowest BCUT2D eigenvalue weighted by Crippen LogP contribution is -2.24. The Balaban J connectivity index is 2.41. The fourth-order valence-electron chi connectivity index (χ4n) is 1.77. The van der Waals surface area contributed by atoms with Crippen molar-refractivity contribution in [3.63, 3.8) is 0 Å². The molecule has 0 aromatic heterocycles. The minimum absolute atomic E-state index is 0.122. The van der Waals surface area contributed by atoms with E-state index in [1.807, 2.05) is 0 Å². The zero-order valence-electron chi connectivity index (χ0n) is 5.41. The third kappa shape index (κ3) is 0.653. The van der Waals surface area contributed by atoms with Crippen molar-refractivity contribution >= 4 is 15.6 Å². The van der Waals surface area contributed by atoms with Gasteiger partial charge in [-0.1, -0.05) is 0 Å². The molecule has 1 aliphatic carbocycles. The first-order chi connectivity index (χ1) is 4.59. The van der Waals surface area contributed by atoms with Gasteiger partial charge in [0, 0.05) is 12.3 Å². The summed E-state index contributed by atoms with van der Waals surface area (Å²) in [4.78, 5) is 10.9. The molecule has 3 nitrogen and oxygen atoms in total. The molecule has 10 heavy (non-hydrogen) atoms. The average Bonchev–Trinajstić information content (AvgIpc) is 2.21. The number of ketones is 1. The van der Waals surface area contributed by atoms with E-state index in [1.54, 1.807) is 0 Å². The lowest BCUT2D eigenvalue weighted by Gasteiger charge is -2.07. The van der Waals surface area contributed by atoms with Crippen molar-refractivity contribution in [3.8, 4) is 0 Å². The minimum atomic E-state index is -2.84. The van der Waals surface area contributed by atoms with E-state index in [2.05, 4.69) is 0 Å². The molecule has 0 spiro atoms. The summed E-state index contributed by atoms with van der Waals surface area (Å²) >= 11 is 0. The van der Waals surface area contributed by atoms with E-state index in [9.17, 15) is 13.2 Å². The maximum atomic E-state index is 11.0. The molecule has 0 radical (unpaired) electrons. The second-order valence-corrected chi connectivity index (χ2v) is 5.38. The van der Waals surface area contributed by atoms with E-state index >= 15 is 0 Å². The Hall–Kier alpha value is -0.380. The van der Waals surface area contributed by atoms with Crippen molar-refractivity contribution in [3.05, 3.63) is 0 Å². The molecular weight excluding hydrogens is 152 g/mol. The maximum absolute atomic E-state index is 11.0. The van der Waals surface area contributed by atoms with Gasteiger partial charge in [-0.25, -0.2) is 8.42 Å². The Morgan fingerprint density at radius 1 is 1.40 bits per heavy atom. The van der Waals surface area contributed by atoms with Gasteiger partial charge in [0.15, 0.2) is 9.84 Å². The fourth-order valence-corrected chi connectivity index (χ4v) is 3.87. The minimum Gasteiger partial charge on any atom is -0.299 e. The summed E-state index contributed by atoms with van der Waals surface area (Å²) in [6.07, 6.45) is 0.883. The average molecular weight is 160 g/mol. The molecule has 4 heteroatoms. The Morgan fingerprint density at radius 3 is 2.40 bits per heavy atom. The summed E-state index contributed by atoms with van der Waals surface area (Å²) in [5.74, 6) is 0.131. The number of fused-ring (bicyclic) bond motifs is 2. The molecule has 1 heterocycles. The van der Waals surface area contributed by atoms with Crippen LogP contribution in [0.25, 0.3) is 0 Å². The maximum Gasteiger partial charge on any atom is 0.154 e. The monoisotopic (exact) mass is 160 g/mol. The largest absolute Gasteiger partial charge is 0.299 e. The Morgan fingerprint density at radius 2 is 2.10 bits per heavy atom. The normalized spacial score (nSPS) is 42.6. The van der Waals surface area contributed by atoms with Crippen LogP contribution in [-0.2, 0) is 14.6 Å². The van der Waals surface area contributed by atoms with E-state index in [-0.39, 0.29) is 29.1 Å². The number of Topliss-reactive ketones (excluding diaryl/α,β-unsaturated/α-hetero) is 1. The number of rotatable bonds is 0. The lowest BCUT2D eigenvalue weighted by molar-refractivity contribution is -0.120. The second-order valence-electron chi connectivity index (χ2n) is 3.05. The fraction of sp³-hybridized carbons (Fsp3) is 0.833. The Kier molecular flexibility index (Phi) is 1.02.